The zero-order valence-corrected chi connectivity index (χ0v) is 31.5. The van der Waals surface area contributed by atoms with E-state index in [1.165, 1.54) is 11.0 Å². The van der Waals surface area contributed by atoms with Crippen molar-refractivity contribution in [2.24, 2.45) is 5.92 Å². The minimum Gasteiger partial charge on any atom is -0.382 e. The van der Waals surface area contributed by atoms with Crippen LogP contribution in [0.3, 0.4) is 0 Å². The van der Waals surface area contributed by atoms with Crippen molar-refractivity contribution in [2.45, 2.75) is 139 Å². The second kappa shape index (κ2) is 18.1. The monoisotopic (exact) mass is 758 g/mol. The van der Waals surface area contributed by atoms with Gasteiger partial charge < -0.3 is 41.2 Å². The lowest BCUT2D eigenvalue weighted by atomic mass is 9.94. The first-order valence-corrected chi connectivity index (χ1v) is 20.2. The Bertz CT molecular complexity index is 1590. The van der Waals surface area contributed by atoms with E-state index in [1.807, 2.05) is 25.6 Å². The molecule has 4 aliphatic heterocycles. The van der Waals surface area contributed by atoms with Gasteiger partial charge in [0.25, 0.3) is 0 Å². The summed E-state index contributed by atoms with van der Waals surface area (Å²) < 4.78 is 20.1. The van der Waals surface area contributed by atoms with Crippen LogP contribution in [0.5, 0.6) is 0 Å². The first kappa shape index (κ1) is 39.1. The number of nitrogen functional groups attached to an aromatic ring is 1. The van der Waals surface area contributed by atoms with Crippen LogP contribution in [0.2, 0.25) is 0 Å². The van der Waals surface area contributed by atoms with E-state index in [2.05, 4.69) is 41.5 Å². The molecule has 6 heterocycles. The van der Waals surface area contributed by atoms with Crippen LogP contribution in [-0.4, -0.2) is 109 Å². The van der Waals surface area contributed by atoms with Crippen LogP contribution in [0.1, 0.15) is 104 Å². The predicted octanol–water partition coefficient (Wildman–Crippen LogP) is 1.87. The zero-order valence-electron chi connectivity index (χ0n) is 30.7. The molecule has 4 saturated heterocycles. The number of nitrogens with two attached hydrogens (primary N) is 1. The highest BCUT2D eigenvalue weighted by Crippen LogP contribution is 2.43. The molecule has 0 aromatic carbocycles. The summed E-state index contributed by atoms with van der Waals surface area (Å²) in [7, 11) is 0. The zero-order chi connectivity index (χ0) is 37.4. The number of carbonyl (C=O) groups excluding carboxylic acids is 4. The number of unbranched alkanes of at least 4 members (excludes halogenated alkanes) is 5. The Hall–Kier alpha value is -3.61. The largest absolute Gasteiger partial charge is 0.382 e. The van der Waals surface area contributed by atoms with Gasteiger partial charge in [-0.05, 0) is 52.4 Å². The number of ether oxygens (including phenoxy) is 3. The van der Waals surface area contributed by atoms with Crippen molar-refractivity contribution in [3.8, 4) is 0 Å². The highest BCUT2D eigenvalue weighted by molar-refractivity contribution is 8.00. The molecular weight excluding hydrogens is 705 g/mol. The molecule has 292 valence electrons. The fourth-order valence-corrected chi connectivity index (χ4v) is 9.30. The van der Waals surface area contributed by atoms with Gasteiger partial charge >= 0.3 is 0 Å². The lowest BCUT2D eigenvalue weighted by Crippen LogP contribution is -2.39. The molecule has 18 heteroatoms. The number of hydrogen-bond donors (Lipinski definition) is 5. The van der Waals surface area contributed by atoms with Crippen LogP contribution in [-0.2, 0) is 33.4 Å². The third kappa shape index (κ3) is 10.3. The number of nitrogens with one attached hydrogen (secondary N) is 4. The van der Waals surface area contributed by atoms with Crippen LogP contribution in [0.4, 0.5) is 5.82 Å². The standard InChI is InChI=1S/C35H54N10O7S/c1-35(2)51-30-23(50-34(31(30)52-35)45-33-29(43-44-45)32(36)40-20-41-33)18-39-27(48)13-6-4-10-15-37-25(46)12-5-3-9-16-38-26(47)14-8-7-11-24-21-17-28(49)42-22(21)19-53-24/h20-24,30-31,34H,3-19H2,1-2H3,(H,37,46)(H,38,47)(H,39,48)(H,42,49)(H2,36,40,41)/t21-,22-,23+,24-,30+,31+,34?/m0/s1. The third-order valence-electron chi connectivity index (χ3n) is 10.4. The Morgan fingerprint density at radius 3 is 2.30 bits per heavy atom. The van der Waals surface area contributed by atoms with Gasteiger partial charge in [0, 0.05) is 68.3 Å². The molecule has 7 atom stereocenters. The summed E-state index contributed by atoms with van der Waals surface area (Å²) in [6.07, 6.45) is 9.05. The molecule has 0 bridgehead atoms. The van der Waals surface area contributed by atoms with Crippen molar-refractivity contribution in [1.29, 1.82) is 0 Å². The van der Waals surface area contributed by atoms with Gasteiger partial charge in [-0.1, -0.05) is 24.5 Å². The van der Waals surface area contributed by atoms with Gasteiger partial charge in [0.05, 0.1) is 0 Å². The van der Waals surface area contributed by atoms with Crippen molar-refractivity contribution in [3.63, 3.8) is 0 Å². The maximum absolute atomic E-state index is 12.7. The lowest BCUT2D eigenvalue weighted by molar-refractivity contribution is -0.197. The number of rotatable bonds is 20. The number of hydrogen-bond acceptors (Lipinski definition) is 13. The summed E-state index contributed by atoms with van der Waals surface area (Å²) in [5.74, 6) is 1.07. The molecule has 17 nitrogen and oxygen atoms in total. The molecule has 53 heavy (non-hydrogen) atoms. The Kier molecular flexibility index (Phi) is 13.4. The molecule has 2 aromatic heterocycles. The van der Waals surface area contributed by atoms with Crippen LogP contribution >= 0.6 is 11.8 Å². The Labute approximate surface area is 313 Å². The summed E-state index contributed by atoms with van der Waals surface area (Å²) in [6, 6.07) is 0.347. The van der Waals surface area contributed by atoms with Gasteiger partial charge in [0.15, 0.2) is 29.0 Å². The average Bonchev–Trinajstić information content (AvgIpc) is 3.93. The van der Waals surface area contributed by atoms with Crippen LogP contribution in [0.25, 0.3) is 11.2 Å². The van der Waals surface area contributed by atoms with E-state index in [0.717, 1.165) is 57.1 Å². The molecule has 0 aliphatic carbocycles. The Morgan fingerprint density at radius 2 is 1.58 bits per heavy atom. The first-order chi connectivity index (χ1) is 25.6. The molecule has 6 N–H and O–H groups in total. The number of aromatic nitrogens is 5. The second-order valence-electron chi connectivity index (χ2n) is 14.9. The van der Waals surface area contributed by atoms with Crippen molar-refractivity contribution < 1.29 is 33.4 Å². The maximum atomic E-state index is 12.7. The summed E-state index contributed by atoms with van der Waals surface area (Å²) in [5, 5.41) is 20.8. The van der Waals surface area contributed by atoms with Gasteiger partial charge in [-0.3, -0.25) is 19.2 Å². The van der Waals surface area contributed by atoms with Crippen molar-refractivity contribution in [2.75, 3.05) is 31.1 Å². The summed E-state index contributed by atoms with van der Waals surface area (Å²) in [4.78, 5) is 56.9. The molecule has 4 aliphatic rings. The Balaban J connectivity index is 0.758. The molecule has 4 amide bonds. The predicted molar refractivity (Wildman–Crippen MR) is 196 cm³/mol. The van der Waals surface area contributed by atoms with E-state index in [4.69, 9.17) is 19.9 Å². The van der Waals surface area contributed by atoms with Crippen LogP contribution < -0.4 is 27.0 Å². The molecular formula is C35H54N10O7S. The summed E-state index contributed by atoms with van der Waals surface area (Å²) >= 11 is 1.96. The van der Waals surface area contributed by atoms with Gasteiger partial charge in [-0.25, -0.2) is 9.97 Å². The van der Waals surface area contributed by atoms with E-state index >= 15 is 0 Å². The third-order valence-corrected chi connectivity index (χ3v) is 11.9. The minimum atomic E-state index is -0.837. The number of amides is 4. The molecule has 4 fully saturated rings. The number of fused-ring (bicyclic) bond motifs is 3. The molecule has 2 aromatic rings. The van der Waals surface area contributed by atoms with Gasteiger partial charge in [0.2, 0.25) is 23.6 Å². The number of anilines is 1. The van der Waals surface area contributed by atoms with Gasteiger partial charge in [-0.15, -0.1) is 5.10 Å². The quantitative estimate of drug-likeness (QED) is 0.122. The maximum Gasteiger partial charge on any atom is 0.220 e. The Morgan fingerprint density at radius 1 is 0.925 bits per heavy atom. The average molecular weight is 759 g/mol. The number of thioether (sulfide) groups is 1. The topological polar surface area (TPSA) is 227 Å². The van der Waals surface area contributed by atoms with Gasteiger partial charge in [-0.2, -0.15) is 16.4 Å². The number of carbonyl (C=O) groups is 4. The van der Waals surface area contributed by atoms with Crippen molar-refractivity contribution >= 4 is 52.4 Å². The van der Waals surface area contributed by atoms with Crippen molar-refractivity contribution in [3.05, 3.63) is 6.33 Å². The second-order valence-corrected chi connectivity index (χ2v) is 16.2. The highest BCUT2D eigenvalue weighted by atomic mass is 32.2. The SMILES string of the molecule is CC1(C)O[C@@H]2[C@@H](CNC(=O)CCCCCNC(=O)CCCCCNC(=O)CCCC[C@@H]3SC[C@@H]4NC(=O)C[C@@H]43)OC(n3nnc4c(N)ncnc43)[C@@H]2O1. The van der Waals surface area contributed by atoms with E-state index in [-0.39, 0.29) is 36.0 Å². The van der Waals surface area contributed by atoms with E-state index in [1.54, 1.807) is 0 Å². The van der Waals surface area contributed by atoms with E-state index in [0.29, 0.717) is 73.6 Å². The summed E-state index contributed by atoms with van der Waals surface area (Å²) in [6.45, 7) is 5.11. The minimum absolute atomic E-state index is 0.0283. The van der Waals surface area contributed by atoms with E-state index < -0.39 is 30.3 Å². The molecule has 6 rings (SSSR count). The summed E-state index contributed by atoms with van der Waals surface area (Å²) in [5.41, 5.74) is 6.72. The molecule has 0 radical (unpaired) electrons. The molecule has 0 saturated carbocycles. The number of nitrogens with zero attached hydrogens (tertiary/aromatic N) is 5. The first-order valence-electron chi connectivity index (χ1n) is 19.1. The van der Waals surface area contributed by atoms with E-state index in [9.17, 15) is 19.2 Å². The molecule has 0 spiro atoms. The fourth-order valence-electron chi connectivity index (χ4n) is 7.65. The lowest BCUT2D eigenvalue weighted by Gasteiger charge is -2.24. The van der Waals surface area contributed by atoms with Gasteiger partial charge in [0.1, 0.15) is 24.6 Å². The van der Waals surface area contributed by atoms with Crippen LogP contribution in [0.15, 0.2) is 6.33 Å². The van der Waals surface area contributed by atoms with Crippen molar-refractivity contribution in [1.82, 2.24) is 46.2 Å². The van der Waals surface area contributed by atoms with Crippen LogP contribution in [0, 0.1) is 5.92 Å². The fraction of sp³-hybridized carbons (Fsp3) is 0.771. The molecule has 1 unspecified atom stereocenters. The normalized spacial score (nSPS) is 27.1. The highest BCUT2D eigenvalue weighted by Gasteiger charge is 2.56. The smallest absolute Gasteiger partial charge is 0.220 e.